The molecule has 0 radical (unpaired) electrons. The Morgan fingerprint density at radius 1 is 1.21 bits per heavy atom. The van der Waals surface area contributed by atoms with Crippen LogP contribution < -0.4 is 5.32 Å². The number of rotatable bonds is 5. The van der Waals surface area contributed by atoms with E-state index >= 15 is 0 Å². The molecule has 2 aliphatic carbocycles. The van der Waals surface area contributed by atoms with Crippen LogP contribution in [-0.4, -0.2) is 11.0 Å². The van der Waals surface area contributed by atoms with Crippen LogP contribution in [0.5, 0.6) is 0 Å². The van der Waals surface area contributed by atoms with Gasteiger partial charge < -0.3 is 5.32 Å². The molecule has 1 heterocycles. The quantitative estimate of drug-likeness (QED) is 0.862. The molecule has 3 heteroatoms. The van der Waals surface area contributed by atoms with Crippen molar-refractivity contribution < 1.29 is 0 Å². The maximum absolute atomic E-state index is 5.05. The molecule has 0 amide bonds. The number of nitrogens with one attached hydrogen (secondary N) is 1. The molecule has 1 aromatic rings. The minimum absolute atomic E-state index is 0.559. The first-order valence-electron chi connectivity index (χ1n) is 7.86. The fourth-order valence-corrected chi connectivity index (χ4v) is 4.34. The second-order valence-electron chi connectivity index (χ2n) is 6.79. The molecular formula is C16H26N2S. The Balaban J connectivity index is 1.76. The molecule has 106 valence electrons. The van der Waals surface area contributed by atoms with Gasteiger partial charge in [-0.25, -0.2) is 4.98 Å². The highest BCUT2D eigenvalue weighted by atomic mass is 32.1. The molecule has 1 N–H and O–H groups in total. The van der Waals surface area contributed by atoms with Gasteiger partial charge in [0.05, 0.1) is 10.7 Å². The van der Waals surface area contributed by atoms with Crippen LogP contribution in [0.3, 0.4) is 0 Å². The molecular weight excluding hydrogens is 252 g/mol. The largest absolute Gasteiger partial charge is 0.310 e. The molecule has 2 nitrogen and oxygen atoms in total. The highest BCUT2D eigenvalue weighted by Crippen LogP contribution is 2.46. The number of nitrogens with zero attached hydrogens (tertiary/aromatic N) is 1. The number of thiazole rings is 1. The van der Waals surface area contributed by atoms with Crippen molar-refractivity contribution in [2.75, 3.05) is 0 Å². The molecule has 0 bridgehead atoms. The molecule has 0 saturated heterocycles. The molecule has 2 unspecified atom stereocenters. The van der Waals surface area contributed by atoms with Crippen LogP contribution in [0.25, 0.3) is 0 Å². The van der Waals surface area contributed by atoms with Crippen LogP contribution in [0, 0.1) is 5.92 Å². The van der Waals surface area contributed by atoms with Gasteiger partial charge in [-0.2, -0.15) is 0 Å². The van der Waals surface area contributed by atoms with E-state index in [1.165, 1.54) is 47.7 Å². The summed E-state index contributed by atoms with van der Waals surface area (Å²) in [5.74, 6) is 2.44. The van der Waals surface area contributed by atoms with Crippen molar-refractivity contribution in [3.8, 4) is 0 Å². The third-order valence-electron chi connectivity index (χ3n) is 4.42. The SMILES string of the molecule is CC1CCC(c2nc(C3CC3)c(CNC(C)C)s2)C1. The summed E-state index contributed by atoms with van der Waals surface area (Å²) in [5.41, 5.74) is 1.44. The molecule has 3 rings (SSSR count). The second kappa shape index (κ2) is 5.53. The van der Waals surface area contributed by atoms with Gasteiger partial charge in [-0.1, -0.05) is 27.2 Å². The summed E-state index contributed by atoms with van der Waals surface area (Å²) in [5, 5.41) is 5.00. The zero-order valence-electron chi connectivity index (χ0n) is 12.4. The van der Waals surface area contributed by atoms with Crippen molar-refractivity contribution in [3.05, 3.63) is 15.6 Å². The minimum atomic E-state index is 0.559. The normalized spacial score (nSPS) is 27.4. The van der Waals surface area contributed by atoms with E-state index in [-0.39, 0.29) is 0 Å². The Kier molecular flexibility index (Phi) is 3.95. The van der Waals surface area contributed by atoms with Gasteiger partial charge in [0.1, 0.15) is 0 Å². The molecule has 0 spiro atoms. The third-order valence-corrected chi connectivity index (χ3v) is 5.66. The van der Waals surface area contributed by atoms with E-state index in [2.05, 4.69) is 26.1 Å². The number of hydrogen-bond acceptors (Lipinski definition) is 3. The molecule has 2 fully saturated rings. The molecule has 0 aliphatic heterocycles. The summed E-state index contributed by atoms with van der Waals surface area (Å²) < 4.78 is 0. The number of aromatic nitrogens is 1. The lowest BCUT2D eigenvalue weighted by molar-refractivity contribution is 0.589. The highest BCUT2D eigenvalue weighted by molar-refractivity contribution is 7.11. The summed E-state index contributed by atoms with van der Waals surface area (Å²) in [6, 6.07) is 0.559. The summed E-state index contributed by atoms with van der Waals surface area (Å²) in [6.07, 6.45) is 6.82. The molecule has 19 heavy (non-hydrogen) atoms. The van der Waals surface area contributed by atoms with Crippen LogP contribution in [0.2, 0.25) is 0 Å². The molecule has 1 aromatic heterocycles. The van der Waals surface area contributed by atoms with E-state index in [4.69, 9.17) is 4.98 Å². The standard InChI is InChI=1S/C16H26N2S/c1-10(2)17-9-14-15(12-6-7-12)18-16(19-14)13-5-4-11(3)8-13/h10-13,17H,4-9H2,1-3H3. The van der Waals surface area contributed by atoms with Crippen LogP contribution in [0.15, 0.2) is 0 Å². The summed E-state index contributed by atoms with van der Waals surface area (Å²) in [4.78, 5) is 6.56. The maximum Gasteiger partial charge on any atom is 0.0962 e. The lowest BCUT2D eigenvalue weighted by Gasteiger charge is -2.07. The van der Waals surface area contributed by atoms with E-state index in [1.54, 1.807) is 0 Å². The van der Waals surface area contributed by atoms with E-state index < -0.39 is 0 Å². The predicted octanol–water partition coefficient (Wildman–Crippen LogP) is 4.42. The molecule has 2 atom stereocenters. The van der Waals surface area contributed by atoms with Gasteiger partial charge in [-0.15, -0.1) is 11.3 Å². The maximum atomic E-state index is 5.05. The third kappa shape index (κ3) is 3.19. The van der Waals surface area contributed by atoms with Crippen LogP contribution in [0.4, 0.5) is 0 Å². The van der Waals surface area contributed by atoms with Crippen LogP contribution in [0.1, 0.15) is 80.3 Å². The van der Waals surface area contributed by atoms with Crippen LogP contribution in [-0.2, 0) is 6.54 Å². The molecule has 2 saturated carbocycles. The van der Waals surface area contributed by atoms with Crippen molar-refractivity contribution >= 4 is 11.3 Å². The average molecular weight is 278 g/mol. The fraction of sp³-hybridized carbons (Fsp3) is 0.812. The summed E-state index contributed by atoms with van der Waals surface area (Å²) in [7, 11) is 0. The zero-order chi connectivity index (χ0) is 13.4. The Morgan fingerprint density at radius 2 is 1.95 bits per heavy atom. The van der Waals surface area contributed by atoms with Gasteiger partial charge >= 0.3 is 0 Å². The van der Waals surface area contributed by atoms with Crippen molar-refractivity contribution in [3.63, 3.8) is 0 Å². The summed E-state index contributed by atoms with van der Waals surface area (Å²) in [6.45, 7) is 7.84. The Labute approximate surface area is 121 Å². The van der Waals surface area contributed by atoms with Gasteiger partial charge in [-0.05, 0) is 31.6 Å². The highest BCUT2D eigenvalue weighted by Gasteiger charge is 2.32. The van der Waals surface area contributed by atoms with Crippen molar-refractivity contribution in [2.45, 2.75) is 77.3 Å². The minimum Gasteiger partial charge on any atom is -0.310 e. The van der Waals surface area contributed by atoms with Gasteiger partial charge in [0.2, 0.25) is 0 Å². The van der Waals surface area contributed by atoms with E-state index in [9.17, 15) is 0 Å². The Hall–Kier alpha value is -0.410. The molecule has 2 aliphatic rings. The Bertz CT molecular complexity index is 434. The van der Waals surface area contributed by atoms with Crippen molar-refractivity contribution in [1.82, 2.24) is 10.3 Å². The first-order valence-corrected chi connectivity index (χ1v) is 8.68. The Morgan fingerprint density at radius 3 is 2.53 bits per heavy atom. The van der Waals surface area contributed by atoms with E-state index in [0.717, 1.165) is 24.3 Å². The molecule has 0 aromatic carbocycles. The van der Waals surface area contributed by atoms with E-state index in [1.807, 2.05) is 11.3 Å². The lowest BCUT2D eigenvalue weighted by Crippen LogP contribution is -2.21. The average Bonchev–Trinajstić information content (AvgIpc) is 2.97. The van der Waals surface area contributed by atoms with E-state index in [0.29, 0.717) is 6.04 Å². The topological polar surface area (TPSA) is 24.9 Å². The first-order chi connectivity index (χ1) is 9.13. The van der Waals surface area contributed by atoms with Crippen LogP contribution >= 0.6 is 11.3 Å². The van der Waals surface area contributed by atoms with Crippen molar-refractivity contribution in [2.24, 2.45) is 5.92 Å². The summed E-state index contributed by atoms with van der Waals surface area (Å²) >= 11 is 2.00. The smallest absolute Gasteiger partial charge is 0.0962 e. The lowest BCUT2D eigenvalue weighted by atomic mass is 10.1. The van der Waals surface area contributed by atoms with Gasteiger partial charge in [-0.3, -0.25) is 0 Å². The van der Waals surface area contributed by atoms with Gasteiger partial charge in [0, 0.05) is 29.3 Å². The number of hydrogen-bond donors (Lipinski definition) is 1. The monoisotopic (exact) mass is 278 g/mol. The fourth-order valence-electron chi connectivity index (χ4n) is 3.09. The first kappa shape index (κ1) is 13.6. The van der Waals surface area contributed by atoms with Gasteiger partial charge in [0.25, 0.3) is 0 Å². The predicted molar refractivity (Wildman–Crippen MR) is 81.8 cm³/mol. The zero-order valence-corrected chi connectivity index (χ0v) is 13.2. The van der Waals surface area contributed by atoms with Crippen molar-refractivity contribution in [1.29, 1.82) is 0 Å². The second-order valence-corrected chi connectivity index (χ2v) is 7.90. The van der Waals surface area contributed by atoms with Gasteiger partial charge in [0.15, 0.2) is 0 Å².